The number of amides is 1. The molecule has 1 aliphatic rings. The van der Waals surface area contributed by atoms with Gasteiger partial charge in [-0.05, 0) is 38.8 Å². The second-order valence-electron chi connectivity index (χ2n) is 7.00. The second kappa shape index (κ2) is 7.25. The molecular formula is C18H27N2O4S+. The third-order valence-electron chi connectivity index (χ3n) is 5.10. The maximum atomic E-state index is 11.4. The van der Waals surface area contributed by atoms with Gasteiger partial charge in [-0.15, -0.1) is 0 Å². The fourth-order valence-corrected chi connectivity index (χ4v) is 3.78. The topological polar surface area (TPSA) is 86.5 Å². The summed E-state index contributed by atoms with van der Waals surface area (Å²) in [5.41, 5.74) is 2.76. The first-order valence-corrected chi connectivity index (χ1v) is 9.97. The van der Waals surface area contributed by atoms with Crippen LogP contribution in [0, 0.1) is 0 Å². The molecule has 6 nitrogen and oxygen atoms in total. The van der Waals surface area contributed by atoms with E-state index in [4.69, 9.17) is 0 Å². The highest BCUT2D eigenvalue weighted by atomic mass is 32.2. The fourth-order valence-electron chi connectivity index (χ4n) is 3.27. The summed E-state index contributed by atoms with van der Waals surface area (Å²) in [4.78, 5) is 11.2. The van der Waals surface area contributed by atoms with Crippen molar-refractivity contribution in [3.8, 4) is 0 Å². The molecule has 0 aromatic heterocycles. The van der Waals surface area contributed by atoms with E-state index in [9.17, 15) is 17.8 Å². The van der Waals surface area contributed by atoms with Crippen LogP contribution in [0.3, 0.4) is 0 Å². The number of unbranched alkanes of at least 4 members (excludes halogenated alkanes) is 2. The summed E-state index contributed by atoms with van der Waals surface area (Å²) in [5, 5.41) is 2.62. The molecule has 1 amide bonds. The lowest BCUT2D eigenvalue weighted by molar-refractivity contribution is -0.439. The predicted molar refractivity (Wildman–Crippen MR) is 97.3 cm³/mol. The van der Waals surface area contributed by atoms with Crippen molar-refractivity contribution < 1.29 is 22.3 Å². The Morgan fingerprint density at radius 3 is 2.52 bits per heavy atom. The van der Waals surface area contributed by atoms with Crippen molar-refractivity contribution in [3.63, 3.8) is 0 Å². The Balaban J connectivity index is 2.16. The molecule has 0 unspecified atom stereocenters. The molecule has 0 aliphatic carbocycles. The van der Waals surface area contributed by atoms with Crippen LogP contribution in [0.4, 0.5) is 5.69 Å². The van der Waals surface area contributed by atoms with E-state index in [1.165, 1.54) is 6.07 Å². The van der Waals surface area contributed by atoms with Crippen LogP contribution < -0.4 is 5.32 Å². The van der Waals surface area contributed by atoms with E-state index in [0.717, 1.165) is 42.8 Å². The highest BCUT2D eigenvalue weighted by Gasteiger charge is 2.43. The standard InChI is InChI=1S/C18H26N2O4S/c1-13-18(2,3)15-12-14(25(22,23)24)9-10-16(15)20(13)11-7-5-6-8-17(21)19-4/h9-10,12H,5-8,11H2,1-4H3,(H-,19,21,22,23,24)/p+1. The Labute approximate surface area is 149 Å². The Bertz CT molecular complexity index is 810. The molecule has 0 spiro atoms. The molecule has 2 rings (SSSR count). The maximum Gasteiger partial charge on any atom is 0.294 e. The van der Waals surface area contributed by atoms with Crippen molar-refractivity contribution in [2.75, 3.05) is 13.6 Å². The zero-order valence-electron chi connectivity index (χ0n) is 15.3. The van der Waals surface area contributed by atoms with Gasteiger partial charge in [0.1, 0.15) is 6.54 Å². The number of benzene rings is 1. The Morgan fingerprint density at radius 1 is 1.24 bits per heavy atom. The van der Waals surface area contributed by atoms with Gasteiger partial charge in [0.15, 0.2) is 5.71 Å². The lowest BCUT2D eigenvalue weighted by Gasteiger charge is -2.15. The van der Waals surface area contributed by atoms with Crippen molar-refractivity contribution in [1.82, 2.24) is 5.32 Å². The quantitative estimate of drug-likeness (QED) is 0.441. The molecule has 1 aliphatic heterocycles. The summed E-state index contributed by atoms with van der Waals surface area (Å²) in [6.07, 6.45) is 3.30. The van der Waals surface area contributed by atoms with E-state index in [1.807, 2.05) is 0 Å². The molecule has 138 valence electrons. The molecule has 0 atom stereocenters. The third-order valence-corrected chi connectivity index (χ3v) is 5.95. The molecule has 0 fully saturated rings. The molecule has 2 N–H and O–H groups in total. The van der Waals surface area contributed by atoms with Gasteiger partial charge >= 0.3 is 0 Å². The fraction of sp³-hybridized carbons (Fsp3) is 0.556. The summed E-state index contributed by atoms with van der Waals surface area (Å²) >= 11 is 0. The summed E-state index contributed by atoms with van der Waals surface area (Å²) in [7, 11) is -2.57. The van der Waals surface area contributed by atoms with Crippen molar-refractivity contribution >= 4 is 27.4 Å². The number of carbonyl (C=O) groups excluding carboxylic acids is 1. The average molecular weight is 367 g/mol. The molecule has 1 aromatic carbocycles. The third kappa shape index (κ3) is 4.10. The number of hydrogen-bond donors (Lipinski definition) is 2. The molecule has 1 heterocycles. The molecule has 0 saturated heterocycles. The molecule has 7 heteroatoms. The molecule has 0 radical (unpaired) electrons. The van der Waals surface area contributed by atoms with Crippen molar-refractivity contribution in [2.24, 2.45) is 0 Å². The summed E-state index contributed by atoms with van der Waals surface area (Å²) in [6.45, 7) is 6.99. The van der Waals surface area contributed by atoms with Crippen LogP contribution in [0.5, 0.6) is 0 Å². The van der Waals surface area contributed by atoms with Gasteiger partial charge in [-0.1, -0.05) is 0 Å². The van der Waals surface area contributed by atoms with E-state index < -0.39 is 10.1 Å². The van der Waals surface area contributed by atoms with E-state index in [2.05, 4.69) is 30.7 Å². The van der Waals surface area contributed by atoms with Gasteiger partial charge in [-0.3, -0.25) is 9.35 Å². The highest BCUT2D eigenvalue weighted by Crippen LogP contribution is 2.40. The van der Waals surface area contributed by atoms with Gasteiger partial charge in [0.05, 0.1) is 10.3 Å². The number of fused-ring (bicyclic) bond motifs is 1. The van der Waals surface area contributed by atoms with Crippen LogP contribution >= 0.6 is 0 Å². The van der Waals surface area contributed by atoms with E-state index >= 15 is 0 Å². The highest BCUT2D eigenvalue weighted by molar-refractivity contribution is 7.85. The normalized spacial score (nSPS) is 16.0. The van der Waals surface area contributed by atoms with Crippen LogP contribution in [0.25, 0.3) is 0 Å². The first-order chi connectivity index (χ1) is 11.6. The second-order valence-corrected chi connectivity index (χ2v) is 8.42. The van der Waals surface area contributed by atoms with Crippen molar-refractivity contribution in [2.45, 2.75) is 56.8 Å². The van der Waals surface area contributed by atoms with E-state index in [0.29, 0.717) is 6.42 Å². The van der Waals surface area contributed by atoms with Gasteiger partial charge in [0, 0.05) is 38.4 Å². The van der Waals surface area contributed by atoms with Crippen LogP contribution in [0.15, 0.2) is 23.1 Å². The first-order valence-electron chi connectivity index (χ1n) is 8.53. The number of rotatable bonds is 7. The SMILES string of the molecule is CNC(=O)CCCCC[N+]1=C(C)C(C)(C)c2cc(S(=O)(=O)O)ccc21. The smallest absolute Gasteiger partial charge is 0.294 e. The number of nitrogens with one attached hydrogen (secondary N) is 1. The largest absolute Gasteiger partial charge is 0.359 e. The van der Waals surface area contributed by atoms with Gasteiger partial charge in [-0.2, -0.15) is 13.0 Å². The zero-order chi connectivity index (χ0) is 18.8. The van der Waals surface area contributed by atoms with Gasteiger partial charge < -0.3 is 5.32 Å². The Hall–Kier alpha value is -1.73. The minimum Gasteiger partial charge on any atom is -0.359 e. The molecule has 25 heavy (non-hydrogen) atoms. The van der Waals surface area contributed by atoms with E-state index in [1.54, 1.807) is 19.2 Å². The molecule has 1 aromatic rings. The van der Waals surface area contributed by atoms with Gasteiger partial charge in [0.2, 0.25) is 11.6 Å². The van der Waals surface area contributed by atoms with Crippen LogP contribution in [-0.2, 0) is 20.3 Å². The lowest BCUT2D eigenvalue weighted by Crippen LogP contribution is -2.26. The summed E-state index contributed by atoms with van der Waals surface area (Å²) < 4.78 is 34.4. The van der Waals surface area contributed by atoms with Gasteiger partial charge in [0.25, 0.3) is 10.1 Å². The van der Waals surface area contributed by atoms with E-state index in [-0.39, 0.29) is 16.2 Å². The van der Waals surface area contributed by atoms with Crippen molar-refractivity contribution in [1.29, 1.82) is 0 Å². The molecular weight excluding hydrogens is 340 g/mol. The maximum absolute atomic E-state index is 11.4. The Morgan fingerprint density at radius 2 is 1.92 bits per heavy atom. The first kappa shape index (κ1) is 19.6. The monoisotopic (exact) mass is 367 g/mol. The van der Waals surface area contributed by atoms with Gasteiger partial charge in [-0.25, -0.2) is 0 Å². The summed E-state index contributed by atoms with van der Waals surface area (Å²) in [6, 6.07) is 4.78. The van der Waals surface area contributed by atoms with Crippen LogP contribution in [0.2, 0.25) is 0 Å². The summed E-state index contributed by atoms with van der Waals surface area (Å²) in [5.74, 6) is 0.0631. The zero-order valence-corrected chi connectivity index (χ0v) is 16.1. The average Bonchev–Trinajstić information content (AvgIpc) is 2.73. The molecule has 0 saturated carbocycles. The van der Waals surface area contributed by atoms with Crippen molar-refractivity contribution in [3.05, 3.63) is 23.8 Å². The van der Waals surface area contributed by atoms with Crippen LogP contribution in [0.1, 0.15) is 52.0 Å². The minimum absolute atomic E-state index is 0.0631. The minimum atomic E-state index is -4.21. The number of hydrogen-bond acceptors (Lipinski definition) is 3. The van der Waals surface area contributed by atoms with Crippen LogP contribution in [-0.4, -0.2) is 42.8 Å². The molecule has 0 bridgehead atoms. The number of nitrogens with zero attached hydrogens (tertiary/aromatic N) is 1. The lowest BCUT2D eigenvalue weighted by atomic mass is 9.82. The Kier molecular flexibility index (Phi) is 5.68. The predicted octanol–water partition coefficient (Wildman–Crippen LogP) is 2.64. The number of carbonyl (C=O) groups is 1.